The predicted octanol–water partition coefficient (Wildman–Crippen LogP) is 13.3. The summed E-state index contributed by atoms with van der Waals surface area (Å²) in [4.78, 5) is 15.0. The normalized spacial score (nSPS) is 11.3. The molecule has 0 aliphatic carbocycles. The summed E-state index contributed by atoms with van der Waals surface area (Å²) >= 11 is 0. The topological polar surface area (TPSA) is 38.7 Å². The summed E-state index contributed by atoms with van der Waals surface area (Å²) in [6, 6.07) is 66.7. The van der Waals surface area contributed by atoms with E-state index >= 15 is 0 Å². The first-order valence-electron chi connectivity index (χ1n) is 18.3. The second-order valence-electron chi connectivity index (χ2n) is 13.6. The second kappa shape index (κ2) is 13.4. The minimum absolute atomic E-state index is 0.691. The number of rotatable bonds is 6. The molecule has 0 bridgehead atoms. The van der Waals surface area contributed by atoms with Gasteiger partial charge in [-0.1, -0.05) is 164 Å². The fourth-order valence-electron chi connectivity index (χ4n) is 7.73. The first kappa shape index (κ1) is 31.5. The predicted molar refractivity (Wildman–Crippen MR) is 225 cm³/mol. The number of aromatic nitrogens is 3. The van der Waals surface area contributed by atoms with E-state index in [9.17, 15) is 0 Å². The van der Waals surface area contributed by atoms with Crippen LogP contribution in [0.5, 0.6) is 0 Å². The maximum atomic E-state index is 5.33. The van der Waals surface area contributed by atoms with E-state index in [1.165, 1.54) is 38.1 Å². The Morgan fingerprint density at radius 1 is 0.296 bits per heavy atom. The lowest BCUT2D eigenvalue weighted by atomic mass is 9.91. The molecular weight excluding hydrogens is 655 g/mol. The molecule has 0 atom stereocenters. The maximum absolute atomic E-state index is 5.33. The zero-order valence-corrected chi connectivity index (χ0v) is 29.4. The van der Waals surface area contributed by atoms with Gasteiger partial charge in [-0.3, -0.25) is 4.98 Å². The van der Waals surface area contributed by atoms with Crippen LogP contribution < -0.4 is 0 Å². The molecule has 0 unspecified atom stereocenters. The molecule has 0 saturated heterocycles. The number of hydrogen-bond donors (Lipinski definition) is 0. The van der Waals surface area contributed by atoms with Crippen LogP contribution in [0.3, 0.4) is 0 Å². The fraction of sp³-hybridized carbons (Fsp3) is 0. The molecule has 0 aliphatic heterocycles. The number of hydrogen-bond acceptors (Lipinski definition) is 3. The van der Waals surface area contributed by atoms with Crippen LogP contribution in [0, 0.1) is 0 Å². The highest BCUT2D eigenvalue weighted by molar-refractivity contribution is 6.14. The van der Waals surface area contributed by atoms with Crippen molar-refractivity contribution in [2.75, 3.05) is 0 Å². The minimum Gasteiger partial charge on any atom is -0.264 e. The summed E-state index contributed by atoms with van der Waals surface area (Å²) in [7, 11) is 0. The Labute approximate surface area is 313 Å². The Kier molecular flexibility index (Phi) is 7.81. The van der Waals surface area contributed by atoms with Crippen LogP contribution in [0.2, 0.25) is 0 Å². The van der Waals surface area contributed by atoms with Gasteiger partial charge in [0.05, 0.1) is 11.4 Å². The molecule has 252 valence electrons. The molecule has 8 aromatic carbocycles. The van der Waals surface area contributed by atoms with Gasteiger partial charge in [0, 0.05) is 34.6 Å². The Hall–Kier alpha value is -7.23. The second-order valence-corrected chi connectivity index (χ2v) is 13.6. The Bertz CT molecular complexity index is 2970. The molecule has 10 aromatic rings. The molecular formula is C51H33N3. The Morgan fingerprint density at radius 3 is 1.61 bits per heavy atom. The Balaban J connectivity index is 1.17. The van der Waals surface area contributed by atoms with Crippen molar-refractivity contribution in [2.24, 2.45) is 0 Å². The van der Waals surface area contributed by atoms with Crippen molar-refractivity contribution in [2.45, 2.75) is 0 Å². The van der Waals surface area contributed by atoms with Gasteiger partial charge in [0.15, 0.2) is 5.82 Å². The van der Waals surface area contributed by atoms with E-state index in [0.29, 0.717) is 5.82 Å². The average molecular weight is 688 g/mol. The smallest absolute Gasteiger partial charge is 0.160 e. The van der Waals surface area contributed by atoms with Crippen LogP contribution in [0.1, 0.15) is 0 Å². The van der Waals surface area contributed by atoms with Crippen molar-refractivity contribution in [3.8, 4) is 67.3 Å². The highest BCUT2D eigenvalue weighted by atomic mass is 14.9. The van der Waals surface area contributed by atoms with Gasteiger partial charge in [0.2, 0.25) is 0 Å². The maximum Gasteiger partial charge on any atom is 0.160 e. The van der Waals surface area contributed by atoms with Crippen molar-refractivity contribution in [3.63, 3.8) is 0 Å². The van der Waals surface area contributed by atoms with Gasteiger partial charge in [-0.15, -0.1) is 0 Å². The molecule has 2 aromatic heterocycles. The van der Waals surface area contributed by atoms with Gasteiger partial charge in [-0.2, -0.15) is 0 Å². The van der Waals surface area contributed by atoms with Gasteiger partial charge in [-0.25, -0.2) is 9.97 Å². The number of nitrogens with zero attached hydrogens (tertiary/aromatic N) is 3. The first-order valence-corrected chi connectivity index (χ1v) is 18.3. The molecule has 0 radical (unpaired) electrons. The molecule has 0 aliphatic rings. The van der Waals surface area contributed by atoms with Gasteiger partial charge in [0.25, 0.3) is 0 Å². The summed E-state index contributed by atoms with van der Waals surface area (Å²) in [6.07, 6.45) is 3.73. The van der Waals surface area contributed by atoms with Gasteiger partial charge in [-0.05, 0) is 84.4 Å². The highest BCUT2D eigenvalue weighted by Crippen LogP contribution is 2.40. The van der Waals surface area contributed by atoms with E-state index in [2.05, 4.69) is 181 Å². The van der Waals surface area contributed by atoms with E-state index in [1.807, 2.05) is 24.5 Å². The number of pyridine rings is 1. The number of benzene rings is 8. The SMILES string of the molecule is c1ccc(-c2ccc(-c3nc(-c4ccc(-c5cccc(-c6cccnc6)c5)c5ccccc45)cc(-c4cc5ccccc5c5ccccc45)n3)cc2)cc1. The molecule has 3 heteroatoms. The summed E-state index contributed by atoms with van der Waals surface area (Å²) in [5, 5.41) is 7.10. The molecule has 0 saturated carbocycles. The van der Waals surface area contributed by atoms with Crippen LogP contribution in [0.4, 0.5) is 0 Å². The molecule has 2 heterocycles. The standard InChI is InChI=1S/C51H33N3/c1-2-12-34(13-3-1)35-23-25-36(26-24-35)51-53-49(32-50(54-51)48-31-39-14-4-5-18-41(39)43-19-7-9-22-46(43)48)47-28-27-42(44-20-6-8-21-45(44)47)38-16-10-15-37(30-38)40-17-11-29-52-33-40/h1-33H. The van der Waals surface area contributed by atoms with E-state index in [4.69, 9.17) is 9.97 Å². The third-order valence-corrected chi connectivity index (χ3v) is 10.4. The molecule has 3 nitrogen and oxygen atoms in total. The van der Waals surface area contributed by atoms with Crippen LogP contribution >= 0.6 is 0 Å². The van der Waals surface area contributed by atoms with Crippen molar-refractivity contribution in [1.82, 2.24) is 15.0 Å². The van der Waals surface area contributed by atoms with E-state index in [1.54, 1.807) is 0 Å². The highest BCUT2D eigenvalue weighted by Gasteiger charge is 2.17. The van der Waals surface area contributed by atoms with Crippen LogP contribution in [-0.2, 0) is 0 Å². The van der Waals surface area contributed by atoms with Crippen LogP contribution in [-0.4, -0.2) is 15.0 Å². The monoisotopic (exact) mass is 687 g/mol. The zero-order chi connectivity index (χ0) is 35.8. The van der Waals surface area contributed by atoms with E-state index < -0.39 is 0 Å². The molecule has 54 heavy (non-hydrogen) atoms. The third kappa shape index (κ3) is 5.69. The van der Waals surface area contributed by atoms with Crippen molar-refractivity contribution < 1.29 is 0 Å². The van der Waals surface area contributed by atoms with Gasteiger partial charge in [0.1, 0.15) is 0 Å². The third-order valence-electron chi connectivity index (χ3n) is 10.4. The lowest BCUT2D eigenvalue weighted by molar-refractivity contribution is 1.19. The Morgan fingerprint density at radius 2 is 0.852 bits per heavy atom. The fourth-order valence-corrected chi connectivity index (χ4v) is 7.73. The van der Waals surface area contributed by atoms with Crippen molar-refractivity contribution in [1.29, 1.82) is 0 Å². The summed E-state index contributed by atoms with van der Waals surface area (Å²) in [5.74, 6) is 0.691. The van der Waals surface area contributed by atoms with Crippen molar-refractivity contribution >= 4 is 32.3 Å². The molecule has 0 amide bonds. The van der Waals surface area contributed by atoms with E-state index in [0.717, 1.165) is 55.7 Å². The largest absolute Gasteiger partial charge is 0.264 e. The average Bonchev–Trinajstić information content (AvgIpc) is 3.26. The lowest BCUT2D eigenvalue weighted by Gasteiger charge is -2.16. The van der Waals surface area contributed by atoms with E-state index in [-0.39, 0.29) is 0 Å². The summed E-state index contributed by atoms with van der Waals surface area (Å²) in [5.41, 5.74) is 11.8. The first-order chi connectivity index (χ1) is 26.8. The summed E-state index contributed by atoms with van der Waals surface area (Å²) < 4.78 is 0. The summed E-state index contributed by atoms with van der Waals surface area (Å²) in [6.45, 7) is 0. The van der Waals surface area contributed by atoms with Crippen LogP contribution in [0.25, 0.3) is 99.6 Å². The van der Waals surface area contributed by atoms with Crippen LogP contribution in [0.15, 0.2) is 200 Å². The van der Waals surface area contributed by atoms with Crippen molar-refractivity contribution in [3.05, 3.63) is 200 Å². The zero-order valence-electron chi connectivity index (χ0n) is 29.4. The number of fused-ring (bicyclic) bond motifs is 4. The molecule has 0 spiro atoms. The molecule has 0 N–H and O–H groups in total. The minimum atomic E-state index is 0.691. The lowest BCUT2D eigenvalue weighted by Crippen LogP contribution is -1.97. The quantitative estimate of drug-likeness (QED) is 0.163. The van der Waals surface area contributed by atoms with Gasteiger partial charge < -0.3 is 0 Å². The van der Waals surface area contributed by atoms with Gasteiger partial charge >= 0.3 is 0 Å². The molecule has 0 fully saturated rings. The molecule has 10 rings (SSSR count).